The maximum atomic E-state index is 11.6. The van der Waals surface area contributed by atoms with E-state index in [0.717, 1.165) is 0 Å². The van der Waals surface area contributed by atoms with E-state index in [-0.39, 0.29) is 0 Å². The molecule has 5 nitrogen and oxygen atoms in total. The van der Waals surface area contributed by atoms with Crippen molar-refractivity contribution in [2.24, 2.45) is 5.73 Å². The number of oxazole rings is 1. The molecule has 0 unspecified atom stereocenters. The van der Waals surface area contributed by atoms with Gasteiger partial charge in [-0.25, -0.2) is 4.79 Å². The smallest absolute Gasteiger partial charge is 0.408 e. The van der Waals surface area contributed by atoms with Gasteiger partial charge in [0, 0.05) is 11.6 Å². The maximum Gasteiger partial charge on any atom is 0.420 e. The highest BCUT2D eigenvalue weighted by molar-refractivity contribution is 6.31. The molecule has 1 aromatic heterocycles. The summed E-state index contributed by atoms with van der Waals surface area (Å²) in [5.41, 5.74) is 6.50. The van der Waals surface area contributed by atoms with Crippen LogP contribution in [-0.2, 0) is 11.3 Å². The molecule has 0 aliphatic heterocycles. The standard InChI is InChI=1S/C11H13ClN2O3/c12-8-1-2-10-9(7-8)14(11(15)17-10)4-6-16-5-3-13/h1-2,7H,3-6,13H2. The van der Waals surface area contributed by atoms with Gasteiger partial charge in [-0.2, -0.15) is 0 Å². The summed E-state index contributed by atoms with van der Waals surface area (Å²) in [7, 11) is 0. The zero-order valence-electron chi connectivity index (χ0n) is 9.19. The Morgan fingerprint density at radius 1 is 1.41 bits per heavy atom. The SMILES string of the molecule is NCCOCCn1c(=O)oc2ccc(Cl)cc21. The van der Waals surface area contributed by atoms with Crippen molar-refractivity contribution in [1.29, 1.82) is 0 Å². The molecule has 0 radical (unpaired) electrons. The number of hydrogen-bond donors (Lipinski definition) is 1. The lowest BCUT2D eigenvalue weighted by atomic mass is 10.3. The molecule has 2 aromatic rings. The van der Waals surface area contributed by atoms with Crippen LogP contribution in [0.15, 0.2) is 27.4 Å². The molecule has 0 fully saturated rings. The Labute approximate surface area is 103 Å². The van der Waals surface area contributed by atoms with Crippen molar-refractivity contribution in [2.45, 2.75) is 6.54 Å². The number of rotatable bonds is 5. The first-order valence-electron chi connectivity index (χ1n) is 5.29. The Kier molecular flexibility index (Phi) is 3.83. The highest BCUT2D eigenvalue weighted by atomic mass is 35.5. The lowest BCUT2D eigenvalue weighted by Gasteiger charge is -2.03. The molecule has 0 spiro atoms. The summed E-state index contributed by atoms with van der Waals surface area (Å²) in [5, 5.41) is 0.565. The van der Waals surface area contributed by atoms with Gasteiger partial charge in [-0.05, 0) is 18.2 Å². The summed E-state index contributed by atoms with van der Waals surface area (Å²) in [6, 6.07) is 5.06. The number of nitrogens with two attached hydrogens (primary N) is 1. The lowest BCUT2D eigenvalue weighted by Crippen LogP contribution is -2.19. The molecule has 1 aromatic carbocycles. The van der Waals surface area contributed by atoms with Crippen molar-refractivity contribution >= 4 is 22.7 Å². The minimum absolute atomic E-state index is 0.404. The zero-order chi connectivity index (χ0) is 12.3. The van der Waals surface area contributed by atoms with Gasteiger partial charge in [0.25, 0.3) is 0 Å². The van der Waals surface area contributed by atoms with Crippen LogP contribution in [0.1, 0.15) is 0 Å². The van der Waals surface area contributed by atoms with Crippen molar-refractivity contribution in [3.63, 3.8) is 0 Å². The van der Waals surface area contributed by atoms with Crippen molar-refractivity contribution in [3.05, 3.63) is 33.8 Å². The highest BCUT2D eigenvalue weighted by Crippen LogP contribution is 2.18. The van der Waals surface area contributed by atoms with Gasteiger partial charge in [0.1, 0.15) is 0 Å². The second kappa shape index (κ2) is 5.35. The molecule has 1 heterocycles. The van der Waals surface area contributed by atoms with E-state index >= 15 is 0 Å². The molecule has 17 heavy (non-hydrogen) atoms. The second-order valence-corrected chi connectivity index (χ2v) is 3.97. The van der Waals surface area contributed by atoms with Gasteiger partial charge in [0.05, 0.1) is 25.3 Å². The van der Waals surface area contributed by atoms with E-state index in [4.69, 9.17) is 26.5 Å². The molecule has 92 valence electrons. The highest BCUT2D eigenvalue weighted by Gasteiger charge is 2.08. The van der Waals surface area contributed by atoms with Crippen LogP contribution in [0.25, 0.3) is 11.1 Å². The summed E-state index contributed by atoms with van der Waals surface area (Å²) < 4.78 is 11.8. The van der Waals surface area contributed by atoms with Crippen LogP contribution >= 0.6 is 11.6 Å². The van der Waals surface area contributed by atoms with Gasteiger partial charge in [0.15, 0.2) is 5.58 Å². The lowest BCUT2D eigenvalue weighted by molar-refractivity contribution is 0.132. The van der Waals surface area contributed by atoms with Gasteiger partial charge in [-0.1, -0.05) is 11.6 Å². The molecular weight excluding hydrogens is 244 g/mol. The predicted octanol–water partition coefficient (Wildman–Crippen LogP) is 1.22. The number of nitrogens with zero attached hydrogens (tertiary/aromatic N) is 1. The quantitative estimate of drug-likeness (QED) is 0.817. The Bertz CT molecular complexity index is 561. The normalized spacial score (nSPS) is 11.2. The average molecular weight is 257 g/mol. The number of aromatic nitrogens is 1. The average Bonchev–Trinajstić information content (AvgIpc) is 2.61. The first-order chi connectivity index (χ1) is 8.22. The fraction of sp³-hybridized carbons (Fsp3) is 0.364. The first-order valence-corrected chi connectivity index (χ1v) is 5.67. The number of ether oxygens (including phenoxy) is 1. The molecule has 0 atom stereocenters. The zero-order valence-corrected chi connectivity index (χ0v) is 9.94. The molecule has 2 rings (SSSR count). The monoisotopic (exact) mass is 256 g/mol. The third kappa shape index (κ3) is 2.69. The third-order valence-electron chi connectivity index (χ3n) is 2.35. The second-order valence-electron chi connectivity index (χ2n) is 3.53. The van der Waals surface area contributed by atoms with Crippen LogP contribution < -0.4 is 11.5 Å². The molecule has 2 N–H and O–H groups in total. The molecule has 6 heteroatoms. The summed E-state index contributed by atoms with van der Waals surface area (Å²) in [4.78, 5) is 11.6. The Balaban J connectivity index is 2.23. The van der Waals surface area contributed by atoms with E-state index in [1.54, 1.807) is 18.2 Å². The van der Waals surface area contributed by atoms with E-state index in [9.17, 15) is 4.79 Å². The summed E-state index contributed by atoms with van der Waals surface area (Å²) in [5.74, 6) is -0.404. The van der Waals surface area contributed by atoms with E-state index < -0.39 is 5.76 Å². The first kappa shape index (κ1) is 12.2. The fourth-order valence-electron chi connectivity index (χ4n) is 1.59. The van der Waals surface area contributed by atoms with E-state index in [0.29, 0.717) is 42.4 Å². The van der Waals surface area contributed by atoms with Crippen molar-refractivity contribution in [1.82, 2.24) is 4.57 Å². The predicted molar refractivity (Wildman–Crippen MR) is 65.4 cm³/mol. The van der Waals surface area contributed by atoms with Gasteiger partial charge in [-0.3, -0.25) is 4.57 Å². The summed E-state index contributed by atoms with van der Waals surface area (Å²) in [6.45, 7) is 1.78. The van der Waals surface area contributed by atoms with E-state index in [2.05, 4.69) is 0 Å². The molecule has 0 aliphatic rings. The van der Waals surface area contributed by atoms with Gasteiger partial charge in [-0.15, -0.1) is 0 Å². The van der Waals surface area contributed by atoms with Crippen LogP contribution in [0.3, 0.4) is 0 Å². The van der Waals surface area contributed by atoms with Crippen LogP contribution in [0.4, 0.5) is 0 Å². The van der Waals surface area contributed by atoms with Gasteiger partial charge >= 0.3 is 5.76 Å². The number of benzene rings is 1. The number of hydrogen-bond acceptors (Lipinski definition) is 4. The maximum absolute atomic E-state index is 11.6. The Morgan fingerprint density at radius 3 is 3.00 bits per heavy atom. The molecule has 0 saturated carbocycles. The molecule has 0 saturated heterocycles. The fourth-order valence-corrected chi connectivity index (χ4v) is 1.75. The molecule has 0 aliphatic carbocycles. The van der Waals surface area contributed by atoms with Crippen LogP contribution in [0.5, 0.6) is 0 Å². The largest absolute Gasteiger partial charge is 0.420 e. The topological polar surface area (TPSA) is 70.4 Å². The van der Waals surface area contributed by atoms with Gasteiger partial charge in [0.2, 0.25) is 0 Å². The molecule has 0 amide bonds. The minimum Gasteiger partial charge on any atom is -0.408 e. The van der Waals surface area contributed by atoms with Crippen molar-refractivity contribution in [3.8, 4) is 0 Å². The van der Waals surface area contributed by atoms with Crippen LogP contribution in [-0.4, -0.2) is 24.3 Å². The van der Waals surface area contributed by atoms with Gasteiger partial charge < -0.3 is 14.9 Å². The Morgan fingerprint density at radius 2 is 2.24 bits per heavy atom. The van der Waals surface area contributed by atoms with Crippen molar-refractivity contribution in [2.75, 3.05) is 19.8 Å². The number of fused-ring (bicyclic) bond motifs is 1. The van der Waals surface area contributed by atoms with E-state index in [1.807, 2.05) is 0 Å². The van der Waals surface area contributed by atoms with Crippen LogP contribution in [0.2, 0.25) is 5.02 Å². The molecule has 0 bridgehead atoms. The molecular formula is C11H13ClN2O3. The minimum atomic E-state index is -0.404. The van der Waals surface area contributed by atoms with Crippen molar-refractivity contribution < 1.29 is 9.15 Å². The number of halogens is 1. The summed E-state index contributed by atoms with van der Waals surface area (Å²) in [6.07, 6.45) is 0. The van der Waals surface area contributed by atoms with Crippen LogP contribution in [0, 0.1) is 0 Å². The Hall–Kier alpha value is -1.30. The third-order valence-corrected chi connectivity index (χ3v) is 2.59. The van der Waals surface area contributed by atoms with E-state index in [1.165, 1.54) is 4.57 Å². The summed E-state index contributed by atoms with van der Waals surface area (Å²) >= 11 is 5.88.